The zero-order valence-electron chi connectivity index (χ0n) is 17.9. The van der Waals surface area contributed by atoms with Crippen LogP contribution in [0.25, 0.3) is 0 Å². The highest BCUT2D eigenvalue weighted by atomic mass is 32.1. The molecule has 0 bridgehead atoms. The number of thiophene rings is 1. The van der Waals surface area contributed by atoms with Crippen LogP contribution in [-0.2, 0) is 4.79 Å². The fraction of sp³-hybridized carbons (Fsp3) is 0.333. The van der Waals surface area contributed by atoms with Crippen molar-refractivity contribution < 1.29 is 14.3 Å². The SMILES string of the molecule is COc1ccccc1C(C(=O)NC1CCCCC1)N(C(=O)c1cnccn1)c1cccs1. The molecule has 1 unspecified atom stereocenters. The monoisotopic (exact) mass is 450 g/mol. The molecule has 8 heteroatoms. The number of carbonyl (C=O) groups excluding carboxylic acids is 2. The Labute approximate surface area is 191 Å². The van der Waals surface area contributed by atoms with Crippen molar-refractivity contribution in [2.75, 3.05) is 12.0 Å². The van der Waals surface area contributed by atoms with Crippen molar-refractivity contribution in [3.8, 4) is 5.75 Å². The quantitative estimate of drug-likeness (QED) is 0.577. The fourth-order valence-electron chi connectivity index (χ4n) is 4.10. The highest BCUT2D eigenvalue weighted by Crippen LogP contribution is 2.36. The Hall–Kier alpha value is -3.26. The summed E-state index contributed by atoms with van der Waals surface area (Å²) in [7, 11) is 1.56. The summed E-state index contributed by atoms with van der Waals surface area (Å²) < 4.78 is 5.58. The molecule has 32 heavy (non-hydrogen) atoms. The van der Waals surface area contributed by atoms with Gasteiger partial charge in [0, 0.05) is 24.0 Å². The zero-order chi connectivity index (χ0) is 22.3. The molecule has 1 atom stereocenters. The Morgan fingerprint density at radius 3 is 2.62 bits per heavy atom. The van der Waals surface area contributed by atoms with Gasteiger partial charge in [0.2, 0.25) is 5.91 Å². The van der Waals surface area contributed by atoms with E-state index in [1.807, 2.05) is 35.7 Å². The molecule has 0 saturated heterocycles. The third-order valence-electron chi connectivity index (χ3n) is 5.64. The van der Waals surface area contributed by atoms with Gasteiger partial charge in [-0.25, -0.2) is 4.98 Å². The number of methoxy groups -OCH3 is 1. The van der Waals surface area contributed by atoms with Crippen LogP contribution in [0.15, 0.2) is 60.4 Å². The van der Waals surface area contributed by atoms with Gasteiger partial charge in [0.05, 0.1) is 18.3 Å². The third-order valence-corrected chi connectivity index (χ3v) is 6.50. The number of anilines is 1. The Morgan fingerprint density at radius 2 is 1.94 bits per heavy atom. The first-order chi connectivity index (χ1) is 15.7. The first kappa shape index (κ1) is 22.0. The highest BCUT2D eigenvalue weighted by molar-refractivity contribution is 7.14. The van der Waals surface area contributed by atoms with Crippen LogP contribution in [0.4, 0.5) is 5.00 Å². The molecule has 2 heterocycles. The molecule has 4 rings (SSSR count). The van der Waals surface area contributed by atoms with Crippen molar-refractivity contribution in [1.29, 1.82) is 0 Å². The number of para-hydroxylation sites is 1. The number of carbonyl (C=O) groups is 2. The van der Waals surface area contributed by atoms with E-state index in [1.54, 1.807) is 13.2 Å². The number of hydrogen-bond donors (Lipinski definition) is 1. The first-order valence-corrected chi connectivity index (χ1v) is 11.6. The van der Waals surface area contributed by atoms with E-state index < -0.39 is 11.9 Å². The number of rotatable bonds is 7. The van der Waals surface area contributed by atoms with Crippen molar-refractivity contribution in [2.45, 2.75) is 44.2 Å². The molecule has 1 fully saturated rings. The lowest BCUT2D eigenvalue weighted by molar-refractivity contribution is -0.123. The molecular weight excluding hydrogens is 424 g/mol. The van der Waals surface area contributed by atoms with E-state index in [4.69, 9.17) is 4.74 Å². The molecule has 3 aromatic rings. The molecule has 1 N–H and O–H groups in total. The lowest BCUT2D eigenvalue weighted by Gasteiger charge is -2.33. The molecule has 1 saturated carbocycles. The van der Waals surface area contributed by atoms with Crippen molar-refractivity contribution in [3.05, 3.63) is 71.6 Å². The summed E-state index contributed by atoms with van der Waals surface area (Å²) in [5.74, 6) is -0.0768. The van der Waals surface area contributed by atoms with Crippen molar-refractivity contribution in [3.63, 3.8) is 0 Å². The Balaban J connectivity index is 1.79. The van der Waals surface area contributed by atoms with E-state index in [9.17, 15) is 9.59 Å². The number of ether oxygens (including phenoxy) is 1. The third kappa shape index (κ3) is 4.80. The molecule has 1 aliphatic carbocycles. The average molecular weight is 451 g/mol. The van der Waals surface area contributed by atoms with E-state index in [0.717, 1.165) is 25.7 Å². The van der Waals surface area contributed by atoms with Crippen LogP contribution >= 0.6 is 11.3 Å². The number of hydrogen-bond acceptors (Lipinski definition) is 6. The van der Waals surface area contributed by atoms with Crippen LogP contribution in [0.2, 0.25) is 0 Å². The molecule has 7 nitrogen and oxygen atoms in total. The maximum absolute atomic E-state index is 13.8. The number of nitrogens with one attached hydrogen (secondary N) is 1. The highest BCUT2D eigenvalue weighted by Gasteiger charge is 2.37. The van der Waals surface area contributed by atoms with E-state index in [-0.39, 0.29) is 17.6 Å². The van der Waals surface area contributed by atoms with Gasteiger partial charge in [-0.1, -0.05) is 37.5 Å². The van der Waals surface area contributed by atoms with Crippen molar-refractivity contribution in [2.24, 2.45) is 0 Å². The first-order valence-electron chi connectivity index (χ1n) is 10.8. The topological polar surface area (TPSA) is 84.4 Å². The minimum atomic E-state index is -0.916. The number of nitrogens with zero attached hydrogens (tertiary/aromatic N) is 3. The fourth-order valence-corrected chi connectivity index (χ4v) is 4.86. The molecule has 1 aromatic carbocycles. The van der Waals surface area contributed by atoms with Crippen LogP contribution in [0.5, 0.6) is 5.75 Å². The smallest absolute Gasteiger partial charge is 0.280 e. The lowest BCUT2D eigenvalue weighted by atomic mass is 9.94. The summed E-state index contributed by atoms with van der Waals surface area (Å²) in [5, 5.41) is 5.73. The van der Waals surface area contributed by atoms with Crippen LogP contribution in [0, 0.1) is 0 Å². The van der Waals surface area contributed by atoms with Gasteiger partial charge in [-0.15, -0.1) is 11.3 Å². The van der Waals surface area contributed by atoms with E-state index in [2.05, 4.69) is 15.3 Å². The second kappa shape index (κ2) is 10.4. The van der Waals surface area contributed by atoms with Gasteiger partial charge in [-0.05, 0) is 36.4 Å². The second-order valence-electron chi connectivity index (χ2n) is 7.71. The molecule has 1 aliphatic rings. The molecule has 0 radical (unpaired) electrons. The van der Waals surface area contributed by atoms with Crippen LogP contribution in [-0.4, -0.2) is 34.9 Å². The second-order valence-corrected chi connectivity index (χ2v) is 8.63. The van der Waals surface area contributed by atoms with Gasteiger partial charge in [0.1, 0.15) is 17.5 Å². The molecule has 2 amide bonds. The lowest BCUT2D eigenvalue weighted by Crippen LogP contribution is -2.47. The summed E-state index contributed by atoms with van der Waals surface area (Å²) in [6.45, 7) is 0. The van der Waals surface area contributed by atoms with Gasteiger partial charge >= 0.3 is 0 Å². The van der Waals surface area contributed by atoms with Gasteiger partial charge in [0.15, 0.2) is 0 Å². The number of aromatic nitrogens is 2. The van der Waals surface area contributed by atoms with Gasteiger partial charge in [0.25, 0.3) is 5.91 Å². The summed E-state index contributed by atoms with van der Waals surface area (Å²) in [4.78, 5) is 37.2. The Kier molecular flexibility index (Phi) is 7.11. The summed E-state index contributed by atoms with van der Waals surface area (Å²) in [6.07, 6.45) is 9.67. The largest absolute Gasteiger partial charge is 0.496 e. The maximum Gasteiger partial charge on any atom is 0.280 e. The van der Waals surface area contributed by atoms with Crippen LogP contribution in [0.1, 0.15) is 54.2 Å². The molecular formula is C24H26N4O3S. The average Bonchev–Trinajstić information content (AvgIpc) is 3.37. The minimum absolute atomic E-state index is 0.102. The standard InChI is InChI=1S/C24H26N4O3S/c1-31-20-11-6-5-10-18(20)22(23(29)27-17-8-3-2-4-9-17)28(21-12-7-15-32-21)24(30)19-16-25-13-14-26-19/h5-7,10-17,22H,2-4,8-9H2,1H3,(H,27,29). The van der Waals surface area contributed by atoms with Gasteiger partial charge in [-0.3, -0.25) is 19.5 Å². The zero-order valence-corrected chi connectivity index (χ0v) is 18.8. The predicted octanol–water partition coefficient (Wildman–Crippen LogP) is 4.38. The molecule has 166 valence electrons. The van der Waals surface area contributed by atoms with Crippen LogP contribution in [0.3, 0.4) is 0 Å². The molecule has 0 spiro atoms. The molecule has 0 aliphatic heterocycles. The summed E-state index contributed by atoms with van der Waals surface area (Å²) in [5.41, 5.74) is 0.792. The van der Waals surface area contributed by atoms with E-state index in [0.29, 0.717) is 16.3 Å². The number of amides is 2. The Morgan fingerprint density at radius 1 is 1.12 bits per heavy atom. The van der Waals surface area contributed by atoms with E-state index >= 15 is 0 Å². The number of benzene rings is 1. The molecule has 2 aromatic heterocycles. The summed E-state index contributed by atoms with van der Waals surface area (Å²) in [6, 6.07) is 10.2. The van der Waals surface area contributed by atoms with Crippen molar-refractivity contribution in [1.82, 2.24) is 15.3 Å². The Bertz CT molecular complexity index is 1040. The normalized spacial score (nSPS) is 15.0. The van der Waals surface area contributed by atoms with Crippen molar-refractivity contribution >= 4 is 28.2 Å². The van der Waals surface area contributed by atoms with Gasteiger partial charge in [-0.2, -0.15) is 0 Å². The maximum atomic E-state index is 13.8. The minimum Gasteiger partial charge on any atom is -0.496 e. The predicted molar refractivity (Wildman–Crippen MR) is 124 cm³/mol. The van der Waals surface area contributed by atoms with E-state index in [1.165, 1.54) is 41.2 Å². The van der Waals surface area contributed by atoms with Crippen LogP contribution < -0.4 is 15.0 Å². The summed E-state index contributed by atoms with van der Waals surface area (Å²) >= 11 is 1.39. The van der Waals surface area contributed by atoms with Gasteiger partial charge < -0.3 is 10.1 Å².